The minimum Gasteiger partial charge on any atom is -0.459 e. The molecule has 0 saturated carbocycles. The molecule has 0 spiro atoms. The van der Waals surface area contributed by atoms with Crippen molar-refractivity contribution in [2.75, 3.05) is 5.75 Å². The van der Waals surface area contributed by atoms with Gasteiger partial charge in [0.15, 0.2) is 0 Å². The molecule has 2 aromatic carbocycles. The number of hydrogen-bond acceptors (Lipinski definition) is 10. The van der Waals surface area contributed by atoms with Gasteiger partial charge in [-0.3, -0.25) is 14.9 Å². The molecule has 0 aliphatic carbocycles. The molecule has 0 unspecified atom stereocenters. The number of carbonyl (C=O) groups excluding carboxylic acids is 4. The van der Waals surface area contributed by atoms with Gasteiger partial charge in [-0.1, -0.05) is 12.1 Å². The van der Waals surface area contributed by atoms with Gasteiger partial charge >= 0.3 is 18.0 Å². The van der Waals surface area contributed by atoms with E-state index in [4.69, 9.17) is 14.2 Å². The van der Waals surface area contributed by atoms with Crippen molar-refractivity contribution in [1.82, 2.24) is 10.0 Å². The van der Waals surface area contributed by atoms with Gasteiger partial charge in [-0.2, -0.15) is 0 Å². The van der Waals surface area contributed by atoms with Crippen LogP contribution in [0.1, 0.15) is 77.7 Å². The number of esters is 2. The predicted molar refractivity (Wildman–Crippen MR) is 166 cm³/mol. The molecule has 44 heavy (non-hydrogen) atoms. The number of carbonyl (C=O) groups is 4. The highest BCUT2D eigenvalue weighted by Gasteiger charge is 2.30. The maximum atomic E-state index is 12.8. The molecule has 1 atom stereocenters. The second-order valence-electron chi connectivity index (χ2n) is 12.1. The average Bonchev–Trinajstić information content (AvgIpc) is 2.85. The third-order valence-electron chi connectivity index (χ3n) is 5.35. The van der Waals surface area contributed by atoms with Crippen molar-refractivity contribution in [3.63, 3.8) is 0 Å². The minimum absolute atomic E-state index is 0.0468. The van der Waals surface area contributed by atoms with Gasteiger partial charge in [-0.25, -0.2) is 27.7 Å². The third kappa shape index (κ3) is 13.9. The lowest BCUT2D eigenvalue weighted by Gasteiger charge is -2.24. The molecule has 2 N–H and O–H groups in total. The second kappa shape index (κ2) is 15.1. The Morgan fingerprint density at radius 3 is 2.07 bits per heavy atom. The van der Waals surface area contributed by atoms with Crippen LogP contribution in [0.2, 0.25) is 0 Å². The van der Waals surface area contributed by atoms with Crippen LogP contribution in [-0.4, -0.2) is 61.1 Å². The monoisotopic (exact) mass is 631 g/mol. The van der Waals surface area contributed by atoms with Gasteiger partial charge in [0.1, 0.15) is 34.6 Å². The molecule has 12 nitrogen and oxygen atoms in total. The van der Waals surface area contributed by atoms with Crippen LogP contribution >= 0.6 is 0 Å². The average molecular weight is 632 g/mol. The number of amidine groups is 1. The predicted octanol–water partition coefficient (Wildman–Crippen LogP) is 4.63. The summed E-state index contributed by atoms with van der Waals surface area (Å²) in [5.74, 6) is -1.71. The Bertz CT molecular complexity index is 1490. The number of aliphatic imine (C=N–C) groups is 1. The fourth-order valence-corrected chi connectivity index (χ4v) is 4.87. The van der Waals surface area contributed by atoms with Crippen LogP contribution in [0.15, 0.2) is 53.5 Å². The Morgan fingerprint density at radius 2 is 1.50 bits per heavy atom. The number of Topliss-reactive ketones (excluding diaryl/α,β-unsaturated/α-hetero) is 1. The van der Waals surface area contributed by atoms with Crippen LogP contribution in [0, 0.1) is 0 Å². The molecule has 0 aliphatic rings. The number of rotatable bonds is 11. The lowest BCUT2D eigenvalue weighted by atomic mass is 10.1. The molecule has 2 aromatic rings. The molecule has 0 radical (unpaired) electrons. The van der Waals surface area contributed by atoms with Crippen molar-refractivity contribution in [2.45, 2.75) is 85.5 Å². The van der Waals surface area contributed by atoms with E-state index in [2.05, 4.69) is 15.0 Å². The molecule has 13 heteroatoms. The zero-order valence-corrected chi connectivity index (χ0v) is 27.2. The number of sulfonamides is 1. The highest BCUT2D eigenvalue weighted by atomic mass is 32.2. The largest absolute Gasteiger partial charge is 0.459 e. The standard InChI is InChI=1S/C31H41N3O9S/c1-20(35)18-26(28(37)42-30(3,4)5)34-44(39,40)17-16-22-10-9-11-25(19-22)41-27(36)23-12-14-24(15-13-23)32-21(2)33-29(38)43-31(6,7)8/h9-15,19,26,34H,16-18H2,1-8H3,(H,32,33,38)/t26-/m0/s1. The highest BCUT2D eigenvalue weighted by Crippen LogP contribution is 2.19. The number of hydrogen-bond donors (Lipinski definition) is 2. The third-order valence-corrected chi connectivity index (χ3v) is 6.74. The number of aryl methyl sites for hydroxylation is 1. The first-order valence-corrected chi connectivity index (χ1v) is 15.6. The van der Waals surface area contributed by atoms with Crippen LogP contribution in [-0.2, 0) is 35.5 Å². The summed E-state index contributed by atoms with van der Waals surface area (Å²) < 4.78 is 43.7. The highest BCUT2D eigenvalue weighted by molar-refractivity contribution is 7.89. The fourth-order valence-electron chi connectivity index (χ4n) is 3.64. The van der Waals surface area contributed by atoms with Crippen molar-refractivity contribution in [1.29, 1.82) is 0 Å². The molecule has 0 saturated heterocycles. The number of amides is 1. The van der Waals surface area contributed by atoms with Crippen LogP contribution in [0.3, 0.4) is 0 Å². The summed E-state index contributed by atoms with van der Waals surface area (Å²) in [4.78, 5) is 53.0. The van der Waals surface area contributed by atoms with Crippen molar-refractivity contribution in [3.05, 3.63) is 59.7 Å². The summed E-state index contributed by atoms with van der Waals surface area (Å²) in [6, 6.07) is 11.3. The molecule has 0 bridgehead atoms. The smallest absolute Gasteiger partial charge is 0.413 e. The Balaban J connectivity index is 2.01. The first-order valence-electron chi connectivity index (χ1n) is 13.9. The van der Waals surface area contributed by atoms with Gasteiger partial charge in [-0.05, 0) is 104 Å². The van der Waals surface area contributed by atoms with Crippen LogP contribution < -0.4 is 14.8 Å². The zero-order valence-electron chi connectivity index (χ0n) is 26.3. The summed E-state index contributed by atoms with van der Waals surface area (Å²) in [5, 5.41) is 2.53. The quantitative estimate of drug-likeness (QED) is 0.156. The van der Waals surface area contributed by atoms with Crippen molar-refractivity contribution in [2.24, 2.45) is 4.99 Å². The van der Waals surface area contributed by atoms with E-state index in [1.165, 1.54) is 19.1 Å². The lowest BCUT2D eigenvalue weighted by Crippen LogP contribution is -2.46. The van der Waals surface area contributed by atoms with Gasteiger partial charge in [0, 0.05) is 6.42 Å². The number of ether oxygens (including phenoxy) is 3. The molecule has 0 fully saturated rings. The Labute approximate surface area is 258 Å². The van der Waals surface area contributed by atoms with Gasteiger partial charge in [0.25, 0.3) is 0 Å². The number of nitrogens with zero attached hydrogens (tertiary/aromatic N) is 1. The fraction of sp³-hybridized carbons (Fsp3) is 0.452. The summed E-state index contributed by atoms with van der Waals surface area (Å²) in [5.41, 5.74) is -0.198. The summed E-state index contributed by atoms with van der Waals surface area (Å²) in [6.07, 6.45) is -0.922. The Kier molecular flexibility index (Phi) is 12.4. The summed E-state index contributed by atoms with van der Waals surface area (Å²) in [7, 11) is -3.98. The Hall–Kier alpha value is -4.10. The molecule has 0 heterocycles. The first-order chi connectivity index (χ1) is 20.2. The number of alkyl carbamates (subject to hydrolysis) is 1. The first kappa shape index (κ1) is 36.1. The van der Waals surface area contributed by atoms with Crippen LogP contribution in [0.25, 0.3) is 0 Å². The summed E-state index contributed by atoms with van der Waals surface area (Å²) >= 11 is 0. The van der Waals surface area contributed by atoms with Gasteiger partial charge in [0.05, 0.1) is 17.0 Å². The normalized spacial score (nSPS) is 13.0. The van der Waals surface area contributed by atoms with Crippen molar-refractivity contribution >= 4 is 45.4 Å². The van der Waals surface area contributed by atoms with E-state index in [1.807, 2.05) is 0 Å². The molecular weight excluding hydrogens is 590 g/mol. The van der Waals surface area contributed by atoms with E-state index >= 15 is 0 Å². The van der Waals surface area contributed by atoms with Crippen LogP contribution in [0.4, 0.5) is 10.5 Å². The van der Waals surface area contributed by atoms with E-state index in [0.29, 0.717) is 17.1 Å². The molecular formula is C31H41N3O9S. The lowest BCUT2D eigenvalue weighted by molar-refractivity contribution is -0.157. The minimum atomic E-state index is -3.98. The van der Waals surface area contributed by atoms with Gasteiger partial charge in [0.2, 0.25) is 10.0 Å². The van der Waals surface area contributed by atoms with Crippen molar-refractivity contribution < 1.29 is 41.8 Å². The zero-order chi connectivity index (χ0) is 33.3. The topological polar surface area (TPSA) is 167 Å². The SMILES string of the molecule is CC(=O)C[C@H](NS(=O)(=O)CCc1cccc(OC(=O)c2ccc(N=C(C)NC(=O)OC(C)(C)C)cc2)c1)C(=O)OC(C)(C)C. The molecule has 0 aliphatic heterocycles. The molecule has 0 aromatic heterocycles. The van der Waals surface area contributed by atoms with Crippen molar-refractivity contribution in [3.8, 4) is 5.75 Å². The van der Waals surface area contributed by atoms with E-state index in [-0.39, 0.29) is 35.7 Å². The maximum absolute atomic E-state index is 12.8. The number of ketones is 1. The van der Waals surface area contributed by atoms with E-state index in [9.17, 15) is 27.6 Å². The summed E-state index contributed by atoms with van der Waals surface area (Å²) in [6.45, 7) is 13.0. The van der Waals surface area contributed by atoms with Gasteiger partial charge in [-0.15, -0.1) is 0 Å². The van der Waals surface area contributed by atoms with E-state index < -0.39 is 45.3 Å². The number of nitrogens with one attached hydrogen (secondary N) is 2. The van der Waals surface area contributed by atoms with E-state index in [0.717, 1.165) is 0 Å². The van der Waals surface area contributed by atoms with Crippen LogP contribution in [0.5, 0.6) is 5.75 Å². The molecule has 2 rings (SSSR count). The number of benzene rings is 2. The molecule has 1 amide bonds. The van der Waals surface area contributed by atoms with E-state index in [1.54, 1.807) is 84.9 Å². The molecule has 240 valence electrons. The maximum Gasteiger partial charge on any atom is 0.413 e. The second-order valence-corrected chi connectivity index (χ2v) is 14.0. The Morgan fingerprint density at radius 1 is 0.886 bits per heavy atom. The van der Waals surface area contributed by atoms with Gasteiger partial charge < -0.3 is 14.2 Å².